The summed E-state index contributed by atoms with van der Waals surface area (Å²) in [5.41, 5.74) is 3.17. The molecule has 0 saturated carbocycles. The van der Waals surface area contributed by atoms with E-state index in [2.05, 4.69) is 35.0 Å². The number of halogens is 1. The lowest BCUT2D eigenvalue weighted by molar-refractivity contribution is 0.263. The summed E-state index contributed by atoms with van der Waals surface area (Å²) in [6, 6.07) is 12.0. The lowest BCUT2D eigenvalue weighted by atomic mass is 10.0. The second-order valence-corrected chi connectivity index (χ2v) is 5.41. The third kappa shape index (κ3) is 2.73. The second-order valence-electron chi connectivity index (χ2n) is 5.41. The van der Waals surface area contributed by atoms with Crippen LogP contribution in [0.25, 0.3) is 11.3 Å². The van der Waals surface area contributed by atoms with E-state index in [1.54, 1.807) is 6.07 Å². The summed E-state index contributed by atoms with van der Waals surface area (Å²) in [6.45, 7) is 4.61. The first-order valence-electron chi connectivity index (χ1n) is 7.20. The van der Waals surface area contributed by atoms with Crippen LogP contribution in [-0.4, -0.2) is 23.0 Å². The van der Waals surface area contributed by atoms with E-state index in [1.165, 1.54) is 43.8 Å². The Bertz CT molecular complexity index is 574. The number of nitrogens with zero attached hydrogens (tertiary/aromatic N) is 2. The van der Waals surface area contributed by atoms with Crippen LogP contribution in [0, 0.1) is 5.82 Å². The van der Waals surface area contributed by atoms with Crippen molar-refractivity contribution in [3.8, 4) is 11.3 Å². The highest BCUT2D eigenvalue weighted by Gasteiger charge is 2.19. The number of hydrogen-bond donors (Lipinski definition) is 0. The first-order valence-corrected chi connectivity index (χ1v) is 7.20. The standard InChI is InChI=1S/C17H19FN2/c1-13(20-9-2-3-10-20)14-5-4-6-15(11-14)17-8-7-16(18)12-19-17/h4-8,11-13H,2-3,9-10H2,1H3/t13-/m1/s1. The first-order chi connectivity index (χ1) is 9.74. The van der Waals surface area contributed by atoms with Gasteiger partial charge in [-0.2, -0.15) is 0 Å². The zero-order valence-electron chi connectivity index (χ0n) is 11.7. The van der Waals surface area contributed by atoms with Crippen LogP contribution >= 0.6 is 0 Å². The third-order valence-corrected chi connectivity index (χ3v) is 4.08. The molecule has 1 aromatic carbocycles. The fourth-order valence-electron chi connectivity index (χ4n) is 2.84. The summed E-state index contributed by atoms with van der Waals surface area (Å²) in [7, 11) is 0. The van der Waals surface area contributed by atoms with Gasteiger partial charge in [0.25, 0.3) is 0 Å². The molecule has 2 heterocycles. The molecule has 0 spiro atoms. The van der Waals surface area contributed by atoms with Crippen LogP contribution in [0.4, 0.5) is 4.39 Å². The van der Waals surface area contributed by atoms with Crippen molar-refractivity contribution in [1.29, 1.82) is 0 Å². The minimum atomic E-state index is -0.296. The topological polar surface area (TPSA) is 16.1 Å². The molecule has 1 atom stereocenters. The van der Waals surface area contributed by atoms with E-state index in [1.807, 2.05) is 6.07 Å². The zero-order chi connectivity index (χ0) is 13.9. The van der Waals surface area contributed by atoms with Gasteiger partial charge in [-0.15, -0.1) is 0 Å². The van der Waals surface area contributed by atoms with Gasteiger partial charge in [-0.05, 0) is 56.6 Å². The summed E-state index contributed by atoms with van der Waals surface area (Å²) in [4.78, 5) is 6.67. The highest BCUT2D eigenvalue weighted by molar-refractivity contribution is 5.60. The molecule has 1 fully saturated rings. The van der Waals surface area contributed by atoms with E-state index in [0.29, 0.717) is 6.04 Å². The average molecular weight is 270 g/mol. The molecule has 0 bridgehead atoms. The van der Waals surface area contributed by atoms with E-state index < -0.39 is 0 Å². The second kappa shape index (κ2) is 5.71. The zero-order valence-corrected chi connectivity index (χ0v) is 11.7. The minimum Gasteiger partial charge on any atom is -0.297 e. The number of pyridine rings is 1. The van der Waals surface area contributed by atoms with Gasteiger partial charge < -0.3 is 0 Å². The van der Waals surface area contributed by atoms with Crippen molar-refractivity contribution in [2.75, 3.05) is 13.1 Å². The average Bonchev–Trinajstić information content (AvgIpc) is 3.01. The van der Waals surface area contributed by atoms with E-state index in [-0.39, 0.29) is 5.82 Å². The fourth-order valence-corrected chi connectivity index (χ4v) is 2.84. The van der Waals surface area contributed by atoms with Crippen molar-refractivity contribution < 1.29 is 4.39 Å². The van der Waals surface area contributed by atoms with Crippen LogP contribution in [0.3, 0.4) is 0 Å². The normalized spacial score (nSPS) is 17.3. The van der Waals surface area contributed by atoms with Crippen molar-refractivity contribution in [3.63, 3.8) is 0 Å². The molecule has 0 aliphatic carbocycles. The molecular formula is C17H19FN2. The van der Waals surface area contributed by atoms with Crippen LogP contribution in [0.2, 0.25) is 0 Å². The quantitative estimate of drug-likeness (QED) is 0.836. The monoisotopic (exact) mass is 270 g/mol. The smallest absolute Gasteiger partial charge is 0.141 e. The molecular weight excluding hydrogens is 251 g/mol. The molecule has 0 N–H and O–H groups in total. The number of rotatable bonds is 3. The van der Waals surface area contributed by atoms with Crippen LogP contribution in [0.5, 0.6) is 0 Å². The van der Waals surface area contributed by atoms with Gasteiger partial charge in [-0.3, -0.25) is 9.88 Å². The van der Waals surface area contributed by atoms with Gasteiger partial charge in [0, 0.05) is 11.6 Å². The van der Waals surface area contributed by atoms with Crippen molar-refractivity contribution in [2.24, 2.45) is 0 Å². The number of aromatic nitrogens is 1. The van der Waals surface area contributed by atoms with Gasteiger partial charge in [0.1, 0.15) is 5.82 Å². The van der Waals surface area contributed by atoms with Gasteiger partial charge in [-0.1, -0.05) is 18.2 Å². The predicted octanol–water partition coefficient (Wildman–Crippen LogP) is 4.04. The summed E-state index contributed by atoms with van der Waals surface area (Å²) < 4.78 is 12.9. The molecule has 3 rings (SSSR count). The molecule has 1 saturated heterocycles. The van der Waals surface area contributed by atoms with Crippen molar-refractivity contribution in [3.05, 3.63) is 54.0 Å². The van der Waals surface area contributed by atoms with Crippen LogP contribution in [-0.2, 0) is 0 Å². The summed E-state index contributed by atoms with van der Waals surface area (Å²) >= 11 is 0. The highest BCUT2D eigenvalue weighted by Crippen LogP contribution is 2.27. The molecule has 0 radical (unpaired) electrons. The molecule has 20 heavy (non-hydrogen) atoms. The fraction of sp³-hybridized carbons (Fsp3) is 0.353. The van der Waals surface area contributed by atoms with Gasteiger partial charge in [0.2, 0.25) is 0 Å². The number of hydrogen-bond acceptors (Lipinski definition) is 2. The Morgan fingerprint density at radius 2 is 1.95 bits per heavy atom. The largest absolute Gasteiger partial charge is 0.297 e. The minimum absolute atomic E-state index is 0.296. The molecule has 104 valence electrons. The lowest BCUT2D eigenvalue weighted by Gasteiger charge is -2.24. The summed E-state index contributed by atoms with van der Waals surface area (Å²) in [5.74, 6) is -0.296. The molecule has 2 nitrogen and oxygen atoms in total. The Labute approximate surface area is 119 Å². The maximum Gasteiger partial charge on any atom is 0.141 e. The molecule has 0 amide bonds. The maximum absolute atomic E-state index is 12.9. The first kappa shape index (κ1) is 13.3. The molecule has 3 heteroatoms. The summed E-state index contributed by atoms with van der Waals surface area (Å²) in [5, 5.41) is 0. The molecule has 1 aromatic heterocycles. The van der Waals surface area contributed by atoms with Gasteiger partial charge in [0.15, 0.2) is 0 Å². The predicted molar refractivity (Wildman–Crippen MR) is 78.9 cm³/mol. The van der Waals surface area contributed by atoms with Crippen molar-refractivity contribution in [2.45, 2.75) is 25.8 Å². The number of benzene rings is 1. The molecule has 1 aliphatic heterocycles. The van der Waals surface area contributed by atoms with Crippen LogP contribution < -0.4 is 0 Å². The van der Waals surface area contributed by atoms with Gasteiger partial charge in [-0.25, -0.2) is 4.39 Å². The van der Waals surface area contributed by atoms with Crippen LogP contribution in [0.1, 0.15) is 31.4 Å². The van der Waals surface area contributed by atoms with Gasteiger partial charge in [0.05, 0.1) is 11.9 Å². The Kier molecular flexibility index (Phi) is 3.79. The Hall–Kier alpha value is -1.74. The van der Waals surface area contributed by atoms with Crippen molar-refractivity contribution >= 4 is 0 Å². The third-order valence-electron chi connectivity index (χ3n) is 4.08. The molecule has 1 aliphatic rings. The van der Waals surface area contributed by atoms with Crippen LogP contribution in [0.15, 0.2) is 42.6 Å². The summed E-state index contributed by atoms with van der Waals surface area (Å²) in [6.07, 6.45) is 3.86. The SMILES string of the molecule is C[C@H](c1cccc(-c2ccc(F)cn2)c1)N1CCCC1. The maximum atomic E-state index is 12.9. The van der Waals surface area contributed by atoms with Crippen molar-refractivity contribution in [1.82, 2.24) is 9.88 Å². The van der Waals surface area contributed by atoms with E-state index in [4.69, 9.17) is 0 Å². The van der Waals surface area contributed by atoms with Gasteiger partial charge >= 0.3 is 0 Å². The lowest BCUT2D eigenvalue weighted by Crippen LogP contribution is -2.23. The molecule has 0 unspecified atom stereocenters. The highest BCUT2D eigenvalue weighted by atomic mass is 19.1. The number of likely N-dealkylation sites (tertiary alicyclic amines) is 1. The van der Waals surface area contributed by atoms with E-state index in [9.17, 15) is 4.39 Å². The van der Waals surface area contributed by atoms with E-state index in [0.717, 1.165) is 11.3 Å². The Morgan fingerprint density at radius 3 is 2.65 bits per heavy atom. The Balaban J connectivity index is 1.87. The molecule has 2 aromatic rings. The van der Waals surface area contributed by atoms with E-state index >= 15 is 0 Å². The Morgan fingerprint density at radius 1 is 1.15 bits per heavy atom.